The van der Waals surface area contributed by atoms with E-state index < -0.39 is 26.6 Å². The van der Waals surface area contributed by atoms with Crippen molar-refractivity contribution < 1.29 is 22.5 Å². The Balaban J connectivity index is 2.68. The highest BCUT2D eigenvalue weighted by atomic mass is 32.2. The number of nitrogens with one attached hydrogen (secondary N) is 1. The van der Waals surface area contributed by atoms with E-state index in [9.17, 15) is 17.8 Å². The van der Waals surface area contributed by atoms with Gasteiger partial charge in [0.2, 0.25) is 0 Å². The van der Waals surface area contributed by atoms with Crippen LogP contribution in [0.3, 0.4) is 0 Å². The minimum atomic E-state index is -4.23. The molecule has 7 heteroatoms. The predicted molar refractivity (Wildman–Crippen MR) is 71.5 cm³/mol. The second-order valence-corrected chi connectivity index (χ2v) is 8.15. The van der Waals surface area contributed by atoms with Crippen LogP contribution in [-0.4, -0.2) is 36.0 Å². The van der Waals surface area contributed by atoms with Gasteiger partial charge in [-0.1, -0.05) is 6.42 Å². The minimum Gasteiger partial charge on any atom is -0.444 e. The van der Waals surface area contributed by atoms with Crippen LogP contribution < -0.4 is 5.32 Å². The maximum absolute atomic E-state index is 11.6. The number of hydrogen-bond acceptors (Lipinski definition) is 4. The number of carbonyl (C=O) groups excluding carboxylic acids is 1. The van der Waals surface area contributed by atoms with Gasteiger partial charge < -0.3 is 10.1 Å². The molecule has 1 aliphatic carbocycles. The van der Waals surface area contributed by atoms with Crippen molar-refractivity contribution in [2.24, 2.45) is 5.92 Å². The molecule has 2 N–H and O–H groups in total. The number of carbonyl (C=O) groups is 1. The van der Waals surface area contributed by atoms with Gasteiger partial charge in [-0.3, -0.25) is 4.55 Å². The highest BCUT2D eigenvalue weighted by Gasteiger charge is 2.48. The zero-order chi connectivity index (χ0) is 14.9. The van der Waals surface area contributed by atoms with Crippen molar-refractivity contribution in [3.05, 3.63) is 0 Å². The summed E-state index contributed by atoms with van der Waals surface area (Å²) in [6.07, 6.45) is 1.75. The Hall–Kier alpha value is -0.820. The lowest BCUT2D eigenvalue weighted by Crippen LogP contribution is -2.54. The van der Waals surface area contributed by atoms with Crippen molar-refractivity contribution in [1.29, 1.82) is 0 Å². The molecule has 0 saturated heterocycles. The van der Waals surface area contributed by atoms with Crippen molar-refractivity contribution in [3.8, 4) is 0 Å². The largest absolute Gasteiger partial charge is 0.444 e. The number of alkyl carbamates (subject to hydrolysis) is 1. The van der Waals surface area contributed by atoms with Crippen molar-refractivity contribution in [2.75, 3.05) is 6.54 Å². The van der Waals surface area contributed by atoms with Gasteiger partial charge in [0.25, 0.3) is 10.1 Å². The second-order valence-electron chi connectivity index (χ2n) is 6.27. The number of hydrogen-bond donors (Lipinski definition) is 2. The maximum atomic E-state index is 11.6. The Morgan fingerprint density at radius 1 is 1.32 bits per heavy atom. The molecule has 0 aromatic rings. The van der Waals surface area contributed by atoms with E-state index in [2.05, 4.69) is 5.32 Å². The summed E-state index contributed by atoms with van der Waals surface area (Å²) in [5.74, 6) is -0.127. The van der Waals surface area contributed by atoms with Crippen LogP contribution in [0.4, 0.5) is 4.79 Å². The molecule has 19 heavy (non-hydrogen) atoms. The van der Waals surface area contributed by atoms with Gasteiger partial charge in [0.05, 0.1) is 0 Å². The Labute approximate surface area is 114 Å². The van der Waals surface area contributed by atoms with E-state index in [1.165, 1.54) is 6.92 Å². The first-order valence-corrected chi connectivity index (χ1v) is 7.83. The molecule has 1 rings (SSSR count). The summed E-state index contributed by atoms with van der Waals surface area (Å²) in [6.45, 7) is 6.48. The summed E-state index contributed by atoms with van der Waals surface area (Å²) >= 11 is 0. The number of rotatable bonds is 4. The van der Waals surface area contributed by atoms with Crippen LogP contribution >= 0.6 is 0 Å². The number of amides is 1. The molecule has 1 fully saturated rings. The average molecular weight is 293 g/mol. The first-order valence-electron chi connectivity index (χ1n) is 6.39. The third kappa shape index (κ3) is 4.07. The molecule has 0 radical (unpaired) electrons. The maximum Gasteiger partial charge on any atom is 0.407 e. The smallest absolute Gasteiger partial charge is 0.407 e. The first-order chi connectivity index (χ1) is 8.46. The normalized spacial score (nSPS) is 20.3. The average Bonchev–Trinajstić information content (AvgIpc) is 2.07. The summed E-state index contributed by atoms with van der Waals surface area (Å²) in [4.78, 5) is 11.6. The van der Waals surface area contributed by atoms with Gasteiger partial charge >= 0.3 is 6.09 Å². The molecule has 1 amide bonds. The zero-order valence-corrected chi connectivity index (χ0v) is 12.7. The monoisotopic (exact) mass is 293 g/mol. The zero-order valence-electron chi connectivity index (χ0n) is 11.9. The van der Waals surface area contributed by atoms with Crippen LogP contribution in [0, 0.1) is 5.92 Å². The van der Waals surface area contributed by atoms with Gasteiger partial charge in [-0.2, -0.15) is 8.42 Å². The lowest BCUT2D eigenvalue weighted by atomic mass is 9.76. The Morgan fingerprint density at radius 3 is 2.16 bits per heavy atom. The van der Waals surface area contributed by atoms with E-state index >= 15 is 0 Å². The molecule has 0 aromatic carbocycles. The van der Waals surface area contributed by atoms with Crippen LogP contribution in [0.1, 0.15) is 47.0 Å². The van der Waals surface area contributed by atoms with Crippen LogP contribution in [0.2, 0.25) is 0 Å². The quantitative estimate of drug-likeness (QED) is 0.773. The fourth-order valence-corrected chi connectivity index (χ4v) is 2.94. The molecule has 1 saturated carbocycles. The van der Waals surface area contributed by atoms with Gasteiger partial charge in [0.15, 0.2) is 0 Å². The molecule has 112 valence electrons. The SMILES string of the molecule is CC(C)(C)OC(=O)NCC(C)(C1CCC1)S(=O)(=O)O. The second kappa shape index (κ2) is 5.28. The molecule has 1 aliphatic rings. The minimum absolute atomic E-state index is 0.127. The van der Waals surface area contributed by atoms with Crippen molar-refractivity contribution in [3.63, 3.8) is 0 Å². The van der Waals surface area contributed by atoms with E-state index in [-0.39, 0.29) is 12.5 Å². The summed E-state index contributed by atoms with van der Waals surface area (Å²) in [6, 6.07) is 0. The standard InChI is InChI=1S/C12H23NO5S/c1-11(2,3)18-10(14)13-8-12(4,19(15,16)17)9-6-5-7-9/h9H,5-8H2,1-4H3,(H,13,14)(H,15,16,17). The van der Waals surface area contributed by atoms with Crippen LogP contribution in [0.5, 0.6) is 0 Å². The molecule has 0 bridgehead atoms. The summed E-state index contributed by atoms with van der Waals surface area (Å²) in [5, 5.41) is 2.44. The summed E-state index contributed by atoms with van der Waals surface area (Å²) in [7, 11) is -4.23. The highest BCUT2D eigenvalue weighted by molar-refractivity contribution is 7.87. The predicted octanol–water partition coefficient (Wildman–Crippen LogP) is 1.96. The lowest BCUT2D eigenvalue weighted by molar-refractivity contribution is 0.0512. The van der Waals surface area contributed by atoms with E-state index in [1.807, 2.05) is 0 Å². The Bertz CT molecular complexity index is 436. The van der Waals surface area contributed by atoms with Crippen molar-refractivity contribution >= 4 is 16.2 Å². The van der Waals surface area contributed by atoms with E-state index in [1.54, 1.807) is 20.8 Å². The van der Waals surface area contributed by atoms with E-state index in [4.69, 9.17) is 4.74 Å². The van der Waals surface area contributed by atoms with Gasteiger partial charge in [-0.15, -0.1) is 0 Å². The molecular formula is C12H23NO5S. The Morgan fingerprint density at radius 2 is 1.84 bits per heavy atom. The van der Waals surface area contributed by atoms with Gasteiger partial charge in [0, 0.05) is 6.54 Å². The highest BCUT2D eigenvalue weighted by Crippen LogP contribution is 2.40. The van der Waals surface area contributed by atoms with Gasteiger partial charge in [-0.25, -0.2) is 4.79 Å². The van der Waals surface area contributed by atoms with Crippen LogP contribution in [0.15, 0.2) is 0 Å². The summed E-state index contributed by atoms with van der Waals surface area (Å²) in [5.41, 5.74) is -0.644. The molecule has 1 unspecified atom stereocenters. The summed E-state index contributed by atoms with van der Waals surface area (Å²) < 4.78 is 36.2. The molecule has 0 aromatic heterocycles. The first kappa shape index (κ1) is 16.2. The number of ether oxygens (including phenoxy) is 1. The molecule has 0 aliphatic heterocycles. The third-order valence-electron chi connectivity index (χ3n) is 3.54. The van der Waals surface area contributed by atoms with Gasteiger partial charge in [0.1, 0.15) is 10.3 Å². The van der Waals surface area contributed by atoms with Gasteiger partial charge in [-0.05, 0) is 46.5 Å². The molecule has 0 spiro atoms. The topological polar surface area (TPSA) is 92.7 Å². The molecule has 1 atom stereocenters. The fraction of sp³-hybridized carbons (Fsp3) is 0.917. The van der Waals surface area contributed by atoms with E-state index in [0.717, 1.165) is 19.3 Å². The van der Waals surface area contributed by atoms with Crippen LogP contribution in [0.25, 0.3) is 0 Å². The van der Waals surface area contributed by atoms with Crippen molar-refractivity contribution in [1.82, 2.24) is 5.32 Å². The molecule has 6 nitrogen and oxygen atoms in total. The lowest BCUT2D eigenvalue weighted by Gasteiger charge is -2.40. The molecular weight excluding hydrogens is 270 g/mol. The van der Waals surface area contributed by atoms with Crippen molar-refractivity contribution in [2.45, 2.75) is 57.3 Å². The third-order valence-corrected chi connectivity index (χ3v) is 5.20. The van der Waals surface area contributed by atoms with Crippen LogP contribution in [-0.2, 0) is 14.9 Å². The molecule has 0 heterocycles. The van der Waals surface area contributed by atoms with E-state index in [0.29, 0.717) is 0 Å². The fourth-order valence-electron chi connectivity index (χ4n) is 2.03. The Kier molecular flexibility index (Phi) is 4.51.